The van der Waals surface area contributed by atoms with Crippen molar-refractivity contribution in [2.24, 2.45) is 0 Å². The van der Waals surface area contributed by atoms with Gasteiger partial charge in [-0.15, -0.1) is 0 Å². The van der Waals surface area contributed by atoms with Crippen LogP contribution in [0.15, 0.2) is 54.6 Å². The molecule has 0 unspecified atom stereocenters. The summed E-state index contributed by atoms with van der Waals surface area (Å²) in [6.45, 7) is 0.540. The molecule has 0 spiro atoms. The van der Waals surface area contributed by atoms with Crippen molar-refractivity contribution in [3.8, 4) is 11.5 Å². The Hall–Kier alpha value is -4.24. The van der Waals surface area contributed by atoms with Crippen molar-refractivity contribution < 1.29 is 58.3 Å². The first-order chi connectivity index (χ1) is 21.7. The fourth-order valence-corrected chi connectivity index (χ4v) is 4.27. The minimum Gasteiger partial charge on any atom is -0.485 e. The van der Waals surface area contributed by atoms with Crippen molar-refractivity contribution >= 4 is 28.9 Å². The summed E-state index contributed by atoms with van der Waals surface area (Å²) in [6, 6.07) is 7.30. The van der Waals surface area contributed by atoms with Crippen LogP contribution in [0.25, 0.3) is 0 Å². The first-order valence-electron chi connectivity index (χ1n) is 12.8. The number of nitro benzene ring substituents is 1. The van der Waals surface area contributed by atoms with Gasteiger partial charge in [-0.1, -0.05) is 29.3 Å². The summed E-state index contributed by atoms with van der Waals surface area (Å²) in [5, 5.41) is 10.8. The maximum absolute atomic E-state index is 14.0. The molecule has 4 aromatic carbocycles. The summed E-state index contributed by atoms with van der Waals surface area (Å²) in [7, 11) is 0. The van der Waals surface area contributed by atoms with Gasteiger partial charge in [-0.2, -0.15) is 17.6 Å². The summed E-state index contributed by atoms with van der Waals surface area (Å²) >= 11 is 11.6. The molecule has 17 heteroatoms. The molecule has 4 rings (SSSR count). The molecule has 5 nitrogen and oxygen atoms in total. The fourth-order valence-electron chi connectivity index (χ4n) is 3.71. The Morgan fingerprint density at radius 2 is 1.06 bits per heavy atom. The highest BCUT2D eigenvalue weighted by atomic mass is 35.5. The van der Waals surface area contributed by atoms with Crippen molar-refractivity contribution in [2.45, 2.75) is 25.7 Å². The van der Waals surface area contributed by atoms with Gasteiger partial charge < -0.3 is 9.47 Å². The van der Waals surface area contributed by atoms with Crippen LogP contribution in [0.2, 0.25) is 10.0 Å². The van der Waals surface area contributed by atoms with Gasteiger partial charge in [0.1, 0.15) is 11.5 Å². The van der Waals surface area contributed by atoms with E-state index >= 15 is 0 Å². The number of hydrogen-bond acceptors (Lipinski definition) is 4. The zero-order valence-corrected chi connectivity index (χ0v) is 25.2. The average molecular weight is 718 g/mol. The lowest BCUT2D eigenvalue weighted by Gasteiger charge is -2.18. The minimum absolute atomic E-state index is 0.00926. The second-order valence-corrected chi connectivity index (χ2v) is 10.6. The molecule has 0 aliphatic carbocycles. The third kappa shape index (κ3) is 9.19. The van der Waals surface area contributed by atoms with E-state index in [0.717, 1.165) is 17.7 Å². The van der Waals surface area contributed by atoms with E-state index in [-0.39, 0.29) is 45.6 Å². The van der Waals surface area contributed by atoms with Gasteiger partial charge in [0.05, 0.1) is 21.0 Å². The molecule has 0 aliphatic rings. The highest BCUT2D eigenvalue weighted by molar-refractivity contribution is 6.32. The molecule has 0 saturated carbocycles. The molecule has 0 atom stereocenters. The third-order valence-electron chi connectivity index (χ3n) is 6.16. The normalized spacial score (nSPS) is 11.5. The SMILES string of the molecule is Cc1cc(Cl)c(OCC(F)(F)c2cc(F)c(F)c(F)c2)cc1[N+](=O)[O-].Cc1ccc(OCC(F)(F)c2cc(F)c(F)c(F)c2)c(Cl)c1. The fraction of sp³-hybridized carbons (Fsp3) is 0.200. The summed E-state index contributed by atoms with van der Waals surface area (Å²) in [6.07, 6.45) is 0. The Morgan fingerprint density at radius 1 is 0.660 bits per heavy atom. The molecule has 0 amide bonds. The Labute approximate surface area is 269 Å². The topological polar surface area (TPSA) is 61.6 Å². The Balaban J connectivity index is 0.000000257. The molecule has 0 heterocycles. The number of benzene rings is 4. The molecule has 0 fully saturated rings. The molecule has 0 aromatic heterocycles. The van der Waals surface area contributed by atoms with Gasteiger partial charge in [-0.25, -0.2) is 26.3 Å². The average Bonchev–Trinajstić information content (AvgIpc) is 2.97. The number of alkyl halides is 4. The van der Waals surface area contributed by atoms with Gasteiger partial charge in [0.15, 0.2) is 48.1 Å². The lowest BCUT2D eigenvalue weighted by molar-refractivity contribution is -0.385. The second kappa shape index (κ2) is 14.7. The van der Waals surface area contributed by atoms with E-state index in [2.05, 4.69) is 0 Å². The minimum atomic E-state index is -3.90. The molecule has 47 heavy (non-hydrogen) atoms. The first kappa shape index (κ1) is 37.2. The van der Waals surface area contributed by atoms with Crippen LogP contribution in [0.5, 0.6) is 11.5 Å². The number of halogens is 12. The highest BCUT2D eigenvalue weighted by Gasteiger charge is 2.36. The summed E-state index contributed by atoms with van der Waals surface area (Å²) in [4.78, 5) is 10.1. The number of aryl methyl sites for hydroxylation is 2. The van der Waals surface area contributed by atoms with E-state index < -0.39 is 87.4 Å². The second-order valence-electron chi connectivity index (χ2n) is 9.75. The van der Waals surface area contributed by atoms with Crippen molar-refractivity contribution in [2.75, 3.05) is 13.2 Å². The van der Waals surface area contributed by atoms with Gasteiger partial charge in [0, 0.05) is 16.7 Å². The van der Waals surface area contributed by atoms with Crippen LogP contribution in [0.1, 0.15) is 22.3 Å². The van der Waals surface area contributed by atoms with Crippen LogP contribution in [0.3, 0.4) is 0 Å². The van der Waals surface area contributed by atoms with Crippen LogP contribution in [-0.2, 0) is 11.8 Å². The van der Waals surface area contributed by atoms with Gasteiger partial charge in [0.2, 0.25) is 0 Å². The highest BCUT2D eigenvalue weighted by Crippen LogP contribution is 2.36. The van der Waals surface area contributed by atoms with Gasteiger partial charge in [-0.05, 0) is 61.9 Å². The third-order valence-corrected chi connectivity index (χ3v) is 6.76. The van der Waals surface area contributed by atoms with Crippen LogP contribution < -0.4 is 9.47 Å². The predicted molar refractivity (Wildman–Crippen MR) is 150 cm³/mol. The number of rotatable bonds is 9. The standard InChI is InChI=1S/C15H9ClF5NO3.C15H10ClF5O/c1-7-2-9(16)13(5-12(7)22(23)24)25-6-15(20,21)8-3-10(17)14(19)11(18)4-8;1-8-2-3-13(10(16)4-8)22-7-15(20,21)9-5-11(17)14(19)12(18)6-9/h2-5H,6H2,1H3;2-6H,7H2,1H3. The van der Waals surface area contributed by atoms with E-state index in [1.807, 2.05) is 0 Å². The maximum atomic E-state index is 14.0. The zero-order chi connectivity index (χ0) is 35.4. The largest absolute Gasteiger partial charge is 0.485 e. The predicted octanol–water partition coefficient (Wildman–Crippen LogP) is 10.4. The van der Waals surface area contributed by atoms with E-state index in [4.69, 9.17) is 32.7 Å². The van der Waals surface area contributed by atoms with Crippen LogP contribution >= 0.6 is 23.2 Å². The molecular weight excluding hydrogens is 699 g/mol. The molecule has 4 aromatic rings. The quantitative estimate of drug-likeness (QED) is 0.0748. The summed E-state index contributed by atoms with van der Waals surface area (Å²) in [5.41, 5.74) is -1.57. The molecular formula is C30H19Cl2F10NO4. The molecule has 0 saturated heterocycles. The van der Waals surface area contributed by atoms with Crippen molar-refractivity contribution in [1.82, 2.24) is 0 Å². The van der Waals surface area contributed by atoms with E-state index in [1.165, 1.54) is 19.1 Å². The van der Waals surface area contributed by atoms with Crippen LogP contribution in [-0.4, -0.2) is 18.1 Å². The number of hydrogen-bond donors (Lipinski definition) is 0. The Kier molecular flexibility index (Phi) is 11.6. The summed E-state index contributed by atoms with van der Waals surface area (Å²) < 4.78 is 144. The molecule has 0 bridgehead atoms. The van der Waals surface area contributed by atoms with Crippen molar-refractivity contribution in [1.29, 1.82) is 0 Å². The van der Waals surface area contributed by atoms with E-state index in [9.17, 15) is 54.0 Å². The Morgan fingerprint density at radius 3 is 1.47 bits per heavy atom. The van der Waals surface area contributed by atoms with Gasteiger partial charge in [-0.3, -0.25) is 10.1 Å². The lowest BCUT2D eigenvalue weighted by atomic mass is 10.1. The summed E-state index contributed by atoms with van der Waals surface area (Å²) in [5.74, 6) is -18.6. The zero-order valence-electron chi connectivity index (χ0n) is 23.7. The van der Waals surface area contributed by atoms with Crippen LogP contribution in [0.4, 0.5) is 49.6 Å². The number of nitro groups is 1. The first-order valence-corrected chi connectivity index (χ1v) is 13.5. The smallest absolute Gasteiger partial charge is 0.306 e. The van der Waals surface area contributed by atoms with Gasteiger partial charge in [0.25, 0.3) is 5.69 Å². The molecule has 0 aliphatic heterocycles. The molecule has 0 N–H and O–H groups in total. The monoisotopic (exact) mass is 717 g/mol. The number of nitrogens with zero attached hydrogens (tertiary/aromatic N) is 1. The van der Waals surface area contributed by atoms with E-state index in [1.54, 1.807) is 13.0 Å². The maximum Gasteiger partial charge on any atom is 0.306 e. The molecule has 252 valence electrons. The Bertz CT molecular complexity index is 1760. The van der Waals surface area contributed by atoms with Gasteiger partial charge >= 0.3 is 11.8 Å². The van der Waals surface area contributed by atoms with E-state index in [0.29, 0.717) is 0 Å². The number of ether oxygens (including phenoxy) is 2. The lowest BCUT2D eigenvalue weighted by Crippen LogP contribution is -2.24. The molecule has 0 radical (unpaired) electrons. The van der Waals surface area contributed by atoms with Crippen molar-refractivity contribution in [3.63, 3.8) is 0 Å². The van der Waals surface area contributed by atoms with Crippen LogP contribution in [0, 0.1) is 58.9 Å². The van der Waals surface area contributed by atoms with Crippen molar-refractivity contribution in [3.05, 3.63) is 132 Å².